The second-order valence-electron chi connectivity index (χ2n) is 11.7. The largest absolute Gasteiger partial charge is 0.192 e. The molecule has 8 aromatic rings. The summed E-state index contributed by atoms with van der Waals surface area (Å²) in [7, 11) is 0. The molecule has 0 fully saturated rings. The van der Waals surface area contributed by atoms with Crippen LogP contribution in [0, 0.1) is 22.7 Å². The smallest absolute Gasteiger partial charge is 0.101 e. The van der Waals surface area contributed by atoms with E-state index in [1.54, 1.807) is 0 Å². The topological polar surface area (TPSA) is 47.6 Å². The number of benzene rings is 8. The van der Waals surface area contributed by atoms with Gasteiger partial charge < -0.3 is 0 Å². The van der Waals surface area contributed by atoms with Gasteiger partial charge in [0.15, 0.2) is 0 Å². The number of nitrogens with zero attached hydrogens (tertiary/aromatic N) is 2. The van der Waals surface area contributed by atoms with Crippen LogP contribution in [-0.2, 0) is 0 Å². The summed E-state index contributed by atoms with van der Waals surface area (Å²) in [5.74, 6) is 0. The average Bonchev–Trinajstić information content (AvgIpc) is 3.12. The van der Waals surface area contributed by atoms with Gasteiger partial charge in [-0.05, 0) is 113 Å². The van der Waals surface area contributed by atoms with E-state index < -0.39 is 0 Å². The molecule has 0 aromatic heterocycles. The van der Waals surface area contributed by atoms with Crippen molar-refractivity contribution in [2.24, 2.45) is 0 Å². The molecule has 46 heavy (non-hydrogen) atoms. The van der Waals surface area contributed by atoms with E-state index in [-0.39, 0.29) is 0 Å². The fourth-order valence-corrected chi connectivity index (χ4v) is 6.43. The number of fused-ring (bicyclic) bond motifs is 4. The molecule has 0 bridgehead atoms. The summed E-state index contributed by atoms with van der Waals surface area (Å²) in [6.45, 7) is 0. The zero-order valence-electron chi connectivity index (χ0n) is 24.9. The Labute approximate surface area is 267 Å². The molecule has 0 unspecified atom stereocenters. The van der Waals surface area contributed by atoms with E-state index in [2.05, 4.69) is 133 Å². The number of rotatable bonds is 4. The first-order valence-corrected chi connectivity index (χ1v) is 15.3. The first-order valence-electron chi connectivity index (χ1n) is 15.3. The SMILES string of the molecule is N#C/C(=C(/C#N)c1ccc2cc(-c3ccc4ccccc4c3)ccc2c1)c1ccc2cc(-c3ccc4ccccc4c3)ccc2c1. The summed E-state index contributed by atoms with van der Waals surface area (Å²) in [6.07, 6.45) is 0. The molecule has 0 atom stereocenters. The lowest BCUT2D eigenvalue weighted by atomic mass is 9.92. The number of hydrogen-bond acceptors (Lipinski definition) is 2. The minimum absolute atomic E-state index is 0.370. The summed E-state index contributed by atoms with van der Waals surface area (Å²) in [5.41, 5.74) is 6.81. The zero-order valence-corrected chi connectivity index (χ0v) is 24.9. The van der Waals surface area contributed by atoms with Crippen molar-refractivity contribution in [3.63, 3.8) is 0 Å². The van der Waals surface area contributed by atoms with Crippen molar-refractivity contribution in [2.45, 2.75) is 0 Å². The van der Waals surface area contributed by atoms with Gasteiger partial charge in [0.2, 0.25) is 0 Å². The van der Waals surface area contributed by atoms with Crippen molar-refractivity contribution >= 4 is 54.2 Å². The van der Waals surface area contributed by atoms with Crippen molar-refractivity contribution in [1.29, 1.82) is 10.5 Å². The maximum atomic E-state index is 10.3. The summed E-state index contributed by atoms with van der Waals surface area (Å²) in [6, 6.07) is 59.2. The number of nitriles is 2. The Morgan fingerprint density at radius 1 is 0.304 bits per heavy atom. The van der Waals surface area contributed by atoms with Gasteiger partial charge in [-0.2, -0.15) is 10.5 Å². The van der Waals surface area contributed by atoms with Crippen LogP contribution in [0.5, 0.6) is 0 Å². The van der Waals surface area contributed by atoms with Crippen molar-refractivity contribution in [1.82, 2.24) is 0 Å². The first-order chi connectivity index (χ1) is 22.7. The van der Waals surface area contributed by atoms with Crippen molar-refractivity contribution in [2.75, 3.05) is 0 Å². The molecule has 0 radical (unpaired) electrons. The Kier molecular flexibility index (Phi) is 6.61. The van der Waals surface area contributed by atoms with Crippen molar-refractivity contribution in [3.05, 3.63) is 169 Å². The van der Waals surface area contributed by atoms with Crippen LogP contribution in [0.25, 0.3) is 76.5 Å². The third kappa shape index (κ3) is 4.86. The molecule has 0 spiro atoms. The molecule has 0 aliphatic carbocycles. The maximum absolute atomic E-state index is 10.3. The van der Waals surface area contributed by atoms with Crippen molar-refractivity contribution in [3.8, 4) is 34.4 Å². The van der Waals surface area contributed by atoms with E-state index in [0.29, 0.717) is 11.1 Å². The molecule has 0 amide bonds. The van der Waals surface area contributed by atoms with Gasteiger partial charge in [-0.25, -0.2) is 0 Å². The van der Waals surface area contributed by atoms with Gasteiger partial charge in [-0.15, -0.1) is 0 Å². The van der Waals surface area contributed by atoms with Crippen LogP contribution < -0.4 is 0 Å². The Morgan fingerprint density at radius 2 is 0.587 bits per heavy atom. The van der Waals surface area contributed by atoms with Gasteiger partial charge in [-0.3, -0.25) is 0 Å². The molecule has 0 saturated heterocycles. The third-order valence-electron chi connectivity index (χ3n) is 8.90. The van der Waals surface area contributed by atoms with Gasteiger partial charge in [0, 0.05) is 0 Å². The highest BCUT2D eigenvalue weighted by atomic mass is 14.3. The van der Waals surface area contributed by atoms with Crippen LogP contribution in [0.1, 0.15) is 11.1 Å². The summed E-state index contributed by atoms with van der Waals surface area (Å²) in [4.78, 5) is 0. The van der Waals surface area contributed by atoms with Gasteiger partial charge in [0.1, 0.15) is 12.1 Å². The Hall–Kier alpha value is -6.48. The third-order valence-corrected chi connectivity index (χ3v) is 8.90. The molecule has 0 aliphatic rings. The second-order valence-corrected chi connectivity index (χ2v) is 11.7. The molecular formula is C44H26N2. The highest BCUT2D eigenvalue weighted by Crippen LogP contribution is 2.33. The van der Waals surface area contributed by atoms with Crippen LogP contribution in [0.4, 0.5) is 0 Å². The Bertz CT molecular complexity index is 2430. The fraction of sp³-hybridized carbons (Fsp3) is 0. The molecule has 2 heteroatoms. The summed E-state index contributed by atoms with van der Waals surface area (Å²) in [5, 5.41) is 29.6. The monoisotopic (exact) mass is 582 g/mol. The Morgan fingerprint density at radius 3 is 0.957 bits per heavy atom. The lowest BCUT2D eigenvalue weighted by Gasteiger charge is -2.10. The van der Waals surface area contributed by atoms with E-state index in [1.165, 1.54) is 21.5 Å². The van der Waals surface area contributed by atoms with Crippen LogP contribution in [-0.4, -0.2) is 0 Å². The molecular weight excluding hydrogens is 556 g/mol. The molecule has 8 rings (SSSR count). The normalized spacial score (nSPS) is 11.8. The minimum atomic E-state index is 0.370. The van der Waals surface area contributed by atoms with Gasteiger partial charge in [-0.1, -0.05) is 121 Å². The molecule has 8 aromatic carbocycles. The lowest BCUT2D eigenvalue weighted by molar-refractivity contribution is 1.50. The molecule has 0 N–H and O–H groups in total. The maximum Gasteiger partial charge on any atom is 0.101 e. The standard InChI is InChI=1S/C44H26N2/c45-27-43(41-19-17-37-23-35(13-15-39(37)25-41)33-11-9-29-5-1-3-7-31(29)21-33)44(28-46)42-20-18-38-24-36(14-16-40(38)26-42)34-12-10-30-6-2-4-8-32(30)22-34/h1-26H/b44-43+. The van der Waals surface area contributed by atoms with E-state index in [1.807, 2.05) is 36.4 Å². The Balaban J connectivity index is 1.14. The highest BCUT2D eigenvalue weighted by molar-refractivity contribution is 6.06. The van der Waals surface area contributed by atoms with E-state index >= 15 is 0 Å². The van der Waals surface area contributed by atoms with Gasteiger partial charge in [0.25, 0.3) is 0 Å². The van der Waals surface area contributed by atoms with E-state index in [0.717, 1.165) is 54.9 Å². The van der Waals surface area contributed by atoms with Gasteiger partial charge >= 0.3 is 0 Å². The molecule has 0 saturated carbocycles. The fourth-order valence-electron chi connectivity index (χ4n) is 6.43. The quantitative estimate of drug-likeness (QED) is 0.153. The van der Waals surface area contributed by atoms with Crippen LogP contribution in [0.15, 0.2) is 158 Å². The van der Waals surface area contributed by atoms with Crippen molar-refractivity contribution < 1.29 is 0 Å². The van der Waals surface area contributed by atoms with E-state index in [9.17, 15) is 10.5 Å². The predicted octanol–water partition coefficient (Wildman–Crippen LogP) is 11.6. The summed E-state index contributed by atoms with van der Waals surface area (Å²) < 4.78 is 0. The number of allylic oxidation sites excluding steroid dienone is 2. The average molecular weight is 583 g/mol. The number of hydrogen-bond donors (Lipinski definition) is 0. The zero-order chi connectivity index (χ0) is 31.0. The summed E-state index contributed by atoms with van der Waals surface area (Å²) >= 11 is 0. The molecule has 212 valence electrons. The first kappa shape index (κ1) is 27.1. The molecule has 2 nitrogen and oxygen atoms in total. The van der Waals surface area contributed by atoms with E-state index in [4.69, 9.17) is 0 Å². The van der Waals surface area contributed by atoms with Crippen LogP contribution in [0.2, 0.25) is 0 Å². The second kappa shape index (κ2) is 11.2. The van der Waals surface area contributed by atoms with Crippen LogP contribution >= 0.6 is 0 Å². The minimum Gasteiger partial charge on any atom is -0.192 e. The predicted molar refractivity (Wildman–Crippen MR) is 192 cm³/mol. The highest BCUT2D eigenvalue weighted by Gasteiger charge is 2.14. The molecule has 0 aliphatic heterocycles. The lowest BCUT2D eigenvalue weighted by Crippen LogP contribution is -1.91. The van der Waals surface area contributed by atoms with Crippen LogP contribution in [0.3, 0.4) is 0 Å². The van der Waals surface area contributed by atoms with Gasteiger partial charge in [0.05, 0.1) is 11.1 Å². The molecule has 0 heterocycles.